The molecule has 0 aromatic carbocycles. The standard InChI is InChI=1S/C7H17N2.ClH/c1-8-4-6-9(2,3)7-5-8;/h4-7H2,1-3H3;1H/q+1;/p-1. The zero-order chi connectivity index (χ0) is 6.91. The molecule has 0 amide bonds. The minimum absolute atomic E-state index is 0. The third-order valence-electron chi connectivity index (χ3n) is 2.17. The number of likely N-dealkylation sites (N-methyl/N-ethyl adjacent to an activating group) is 2. The highest BCUT2D eigenvalue weighted by atomic mass is 35.5. The summed E-state index contributed by atoms with van der Waals surface area (Å²) in [5.74, 6) is 0. The molecule has 1 saturated heterocycles. The number of nitrogens with zero attached hydrogens (tertiary/aromatic N) is 2. The van der Waals surface area contributed by atoms with Gasteiger partial charge in [-0.3, -0.25) is 4.90 Å². The molecular weight excluding hydrogens is 148 g/mol. The predicted octanol–water partition coefficient (Wildman–Crippen LogP) is -2.99. The van der Waals surface area contributed by atoms with Crippen molar-refractivity contribution in [1.29, 1.82) is 0 Å². The smallest absolute Gasteiger partial charge is 0.0912 e. The Bertz CT molecular complexity index is 93.8. The van der Waals surface area contributed by atoms with Crippen LogP contribution in [0.4, 0.5) is 0 Å². The van der Waals surface area contributed by atoms with Crippen LogP contribution in [0.3, 0.4) is 0 Å². The maximum absolute atomic E-state index is 2.39. The number of quaternary nitrogens is 1. The molecule has 0 aliphatic carbocycles. The van der Waals surface area contributed by atoms with Gasteiger partial charge in [0.1, 0.15) is 0 Å². The predicted molar refractivity (Wildman–Crippen MR) is 39.3 cm³/mol. The summed E-state index contributed by atoms with van der Waals surface area (Å²) in [6.07, 6.45) is 0. The van der Waals surface area contributed by atoms with Crippen LogP contribution in [0.15, 0.2) is 0 Å². The molecule has 0 atom stereocenters. The first kappa shape index (κ1) is 10.2. The Morgan fingerprint density at radius 3 is 1.80 bits per heavy atom. The molecule has 0 saturated carbocycles. The van der Waals surface area contributed by atoms with E-state index in [1.807, 2.05) is 0 Å². The molecule has 0 aromatic rings. The second-order valence-corrected chi connectivity index (χ2v) is 3.69. The van der Waals surface area contributed by atoms with Gasteiger partial charge < -0.3 is 16.9 Å². The SMILES string of the molecule is CN1CC[N+](C)(C)CC1.[Cl-]. The molecule has 0 radical (unpaired) electrons. The first-order chi connectivity index (χ1) is 4.10. The molecule has 0 N–H and O–H groups in total. The second kappa shape index (κ2) is 3.56. The van der Waals surface area contributed by atoms with Gasteiger partial charge in [-0.1, -0.05) is 0 Å². The zero-order valence-corrected chi connectivity index (χ0v) is 7.86. The van der Waals surface area contributed by atoms with Gasteiger partial charge in [-0.25, -0.2) is 0 Å². The first-order valence-electron chi connectivity index (χ1n) is 3.61. The fourth-order valence-corrected chi connectivity index (χ4v) is 1.11. The van der Waals surface area contributed by atoms with Crippen molar-refractivity contribution in [3.05, 3.63) is 0 Å². The van der Waals surface area contributed by atoms with E-state index in [9.17, 15) is 0 Å². The molecule has 62 valence electrons. The van der Waals surface area contributed by atoms with Gasteiger partial charge in [0.05, 0.1) is 27.2 Å². The molecule has 10 heavy (non-hydrogen) atoms. The zero-order valence-electron chi connectivity index (χ0n) is 7.10. The summed E-state index contributed by atoms with van der Waals surface area (Å²) in [5.41, 5.74) is 0. The minimum Gasteiger partial charge on any atom is -1.00 e. The highest BCUT2D eigenvalue weighted by Gasteiger charge is 2.21. The van der Waals surface area contributed by atoms with Crippen molar-refractivity contribution in [1.82, 2.24) is 4.90 Å². The largest absolute Gasteiger partial charge is 1.00 e. The molecule has 1 aliphatic heterocycles. The van der Waals surface area contributed by atoms with Crippen molar-refractivity contribution in [3.8, 4) is 0 Å². The summed E-state index contributed by atoms with van der Waals surface area (Å²) in [6, 6.07) is 0. The maximum Gasteiger partial charge on any atom is 0.0912 e. The van der Waals surface area contributed by atoms with Gasteiger partial charge in [-0.2, -0.15) is 0 Å². The van der Waals surface area contributed by atoms with Gasteiger partial charge in [0.25, 0.3) is 0 Å². The average molecular weight is 165 g/mol. The summed E-state index contributed by atoms with van der Waals surface area (Å²) in [4.78, 5) is 2.39. The Morgan fingerprint density at radius 2 is 1.50 bits per heavy atom. The Morgan fingerprint density at radius 1 is 1.10 bits per heavy atom. The number of rotatable bonds is 0. The fourth-order valence-electron chi connectivity index (χ4n) is 1.11. The van der Waals surface area contributed by atoms with E-state index >= 15 is 0 Å². The Kier molecular flexibility index (Phi) is 3.63. The summed E-state index contributed by atoms with van der Waals surface area (Å²) in [6.45, 7) is 5.12. The van der Waals surface area contributed by atoms with E-state index in [0.717, 1.165) is 0 Å². The molecule has 3 heteroatoms. The number of halogens is 1. The highest BCUT2D eigenvalue weighted by Crippen LogP contribution is 2.03. The van der Waals surface area contributed by atoms with Crippen LogP contribution in [0.25, 0.3) is 0 Å². The average Bonchev–Trinajstić information content (AvgIpc) is 1.78. The molecular formula is C7H17ClN2. The number of piperazine rings is 1. The van der Waals surface area contributed by atoms with Crippen LogP contribution in [0, 0.1) is 0 Å². The lowest BCUT2D eigenvalue weighted by Crippen LogP contribution is -3.00. The van der Waals surface area contributed by atoms with Crippen LogP contribution in [0.2, 0.25) is 0 Å². The van der Waals surface area contributed by atoms with Gasteiger partial charge in [0.2, 0.25) is 0 Å². The van der Waals surface area contributed by atoms with E-state index in [1.54, 1.807) is 0 Å². The minimum atomic E-state index is 0. The number of hydrogen-bond donors (Lipinski definition) is 0. The molecule has 1 fully saturated rings. The van der Waals surface area contributed by atoms with E-state index < -0.39 is 0 Å². The van der Waals surface area contributed by atoms with Gasteiger partial charge >= 0.3 is 0 Å². The summed E-state index contributed by atoms with van der Waals surface area (Å²) >= 11 is 0. The monoisotopic (exact) mass is 164 g/mol. The summed E-state index contributed by atoms with van der Waals surface area (Å²) in [5, 5.41) is 0. The quantitative estimate of drug-likeness (QED) is 0.346. The van der Waals surface area contributed by atoms with E-state index in [0.29, 0.717) is 0 Å². The van der Waals surface area contributed by atoms with Gasteiger partial charge in [-0.15, -0.1) is 0 Å². The van der Waals surface area contributed by atoms with E-state index in [2.05, 4.69) is 26.0 Å². The molecule has 1 rings (SSSR count). The van der Waals surface area contributed by atoms with E-state index in [1.165, 1.54) is 30.7 Å². The van der Waals surface area contributed by atoms with Crippen molar-refractivity contribution >= 4 is 0 Å². The van der Waals surface area contributed by atoms with Crippen molar-refractivity contribution in [2.75, 3.05) is 47.3 Å². The van der Waals surface area contributed by atoms with Crippen LogP contribution < -0.4 is 12.4 Å². The Labute approximate surface area is 69.8 Å². The topological polar surface area (TPSA) is 3.24 Å². The molecule has 0 spiro atoms. The van der Waals surface area contributed by atoms with Crippen LogP contribution in [-0.4, -0.2) is 56.7 Å². The maximum atomic E-state index is 2.39. The van der Waals surface area contributed by atoms with Gasteiger partial charge in [-0.05, 0) is 7.05 Å². The Balaban J connectivity index is 0.000000810. The summed E-state index contributed by atoms with van der Waals surface area (Å²) in [7, 11) is 6.79. The van der Waals surface area contributed by atoms with Crippen molar-refractivity contribution in [3.63, 3.8) is 0 Å². The van der Waals surface area contributed by atoms with Crippen molar-refractivity contribution in [2.24, 2.45) is 0 Å². The lowest BCUT2D eigenvalue weighted by atomic mass is 10.3. The third-order valence-corrected chi connectivity index (χ3v) is 2.17. The first-order valence-corrected chi connectivity index (χ1v) is 3.61. The van der Waals surface area contributed by atoms with Crippen LogP contribution in [0.1, 0.15) is 0 Å². The lowest BCUT2D eigenvalue weighted by molar-refractivity contribution is -0.894. The van der Waals surface area contributed by atoms with Crippen LogP contribution in [-0.2, 0) is 0 Å². The van der Waals surface area contributed by atoms with Crippen LogP contribution in [0.5, 0.6) is 0 Å². The van der Waals surface area contributed by atoms with Gasteiger partial charge in [0.15, 0.2) is 0 Å². The lowest BCUT2D eigenvalue weighted by Gasteiger charge is -2.37. The molecule has 0 unspecified atom stereocenters. The molecule has 1 heterocycles. The van der Waals surface area contributed by atoms with Gasteiger partial charge in [0, 0.05) is 13.1 Å². The summed E-state index contributed by atoms with van der Waals surface area (Å²) < 4.78 is 1.20. The number of hydrogen-bond acceptors (Lipinski definition) is 1. The second-order valence-electron chi connectivity index (χ2n) is 3.69. The highest BCUT2D eigenvalue weighted by molar-refractivity contribution is 4.55. The molecule has 0 bridgehead atoms. The molecule has 0 aromatic heterocycles. The van der Waals surface area contributed by atoms with E-state index in [-0.39, 0.29) is 12.4 Å². The fraction of sp³-hybridized carbons (Fsp3) is 1.00. The normalized spacial score (nSPS) is 25.5. The van der Waals surface area contributed by atoms with E-state index in [4.69, 9.17) is 0 Å². The van der Waals surface area contributed by atoms with Crippen LogP contribution >= 0.6 is 0 Å². The Hall–Kier alpha value is 0.210. The molecule has 1 aliphatic rings. The third kappa shape index (κ3) is 2.86. The van der Waals surface area contributed by atoms with Crippen molar-refractivity contribution < 1.29 is 16.9 Å². The molecule has 2 nitrogen and oxygen atoms in total. The van der Waals surface area contributed by atoms with Crippen molar-refractivity contribution in [2.45, 2.75) is 0 Å².